The summed E-state index contributed by atoms with van der Waals surface area (Å²) in [6.07, 6.45) is 3.63. The van der Waals surface area contributed by atoms with Crippen LogP contribution in [0.1, 0.15) is 39.2 Å². The Morgan fingerprint density at radius 2 is 1.82 bits per heavy atom. The highest BCUT2D eigenvalue weighted by molar-refractivity contribution is 14.1. The SMILES string of the molecule is CCCNC(CCc1ccc(I)cc1)C(C)C. The average molecular weight is 345 g/mol. The molecule has 96 valence electrons. The molecule has 0 aromatic heterocycles. The molecule has 0 fully saturated rings. The van der Waals surface area contributed by atoms with E-state index in [0.29, 0.717) is 12.0 Å². The van der Waals surface area contributed by atoms with Crippen molar-refractivity contribution < 1.29 is 0 Å². The van der Waals surface area contributed by atoms with Crippen molar-refractivity contribution in [1.82, 2.24) is 5.32 Å². The van der Waals surface area contributed by atoms with Gasteiger partial charge in [0.2, 0.25) is 0 Å². The van der Waals surface area contributed by atoms with Gasteiger partial charge in [0.05, 0.1) is 0 Å². The molecule has 1 aromatic carbocycles. The average Bonchev–Trinajstić information content (AvgIpc) is 2.31. The van der Waals surface area contributed by atoms with E-state index in [9.17, 15) is 0 Å². The van der Waals surface area contributed by atoms with Gasteiger partial charge in [-0.1, -0.05) is 32.9 Å². The molecule has 1 rings (SSSR count). The van der Waals surface area contributed by atoms with Crippen LogP contribution >= 0.6 is 22.6 Å². The molecule has 0 radical (unpaired) electrons. The van der Waals surface area contributed by atoms with Gasteiger partial charge in [-0.2, -0.15) is 0 Å². The van der Waals surface area contributed by atoms with Crippen LogP contribution in [0.25, 0.3) is 0 Å². The number of hydrogen-bond donors (Lipinski definition) is 1. The summed E-state index contributed by atoms with van der Waals surface area (Å²) in [6.45, 7) is 7.97. The summed E-state index contributed by atoms with van der Waals surface area (Å²) >= 11 is 2.35. The van der Waals surface area contributed by atoms with Crippen molar-refractivity contribution >= 4 is 22.6 Å². The molecule has 2 heteroatoms. The first-order valence-corrected chi connectivity index (χ1v) is 7.69. The van der Waals surface area contributed by atoms with Crippen LogP contribution in [0, 0.1) is 9.49 Å². The van der Waals surface area contributed by atoms with Crippen LogP contribution < -0.4 is 5.32 Å². The molecule has 17 heavy (non-hydrogen) atoms. The lowest BCUT2D eigenvalue weighted by molar-refractivity contribution is 0.378. The third-order valence-corrected chi connectivity index (χ3v) is 3.84. The Hall–Kier alpha value is -0.0900. The molecule has 1 N–H and O–H groups in total. The Labute approximate surface area is 120 Å². The minimum Gasteiger partial charge on any atom is -0.314 e. The lowest BCUT2D eigenvalue weighted by Gasteiger charge is -2.22. The number of aryl methyl sites for hydroxylation is 1. The largest absolute Gasteiger partial charge is 0.314 e. The van der Waals surface area contributed by atoms with E-state index in [1.807, 2.05) is 0 Å². The van der Waals surface area contributed by atoms with E-state index in [0.717, 1.165) is 6.54 Å². The molecule has 0 saturated heterocycles. The van der Waals surface area contributed by atoms with Gasteiger partial charge in [0, 0.05) is 9.61 Å². The van der Waals surface area contributed by atoms with Crippen LogP contribution in [0.2, 0.25) is 0 Å². The first-order valence-electron chi connectivity index (χ1n) is 6.61. The van der Waals surface area contributed by atoms with Crippen molar-refractivity contribution in [2.24, 2.45) is 5.92 Å². The minimum atomic E-state index is 0.647. The van der Waals surface area contributed by atoms with Gasteiger partial charge in [0.25, 0.3) is 0 Å². The fourth-order valence-electron chi connectivity index (χ4n) is 1.97. The third kappa shape index (κ3) is 5.87. The summed E-state index contributed by atoms with van der Waals surface area (Å²) in [5, 5.41) is 3.65. The predicted molar refractivity (Wildman–Crippen MR) is 84.4 cm³/mol. The van der Waals surface area contributed by atoms with Crippen molar-refractivity contribution in [3.8, 4) is 0 Å². The molecular formula is C15H24IN. The van der Waals surface area contributed by atoms with Gasteiger partial charge < -0.3 is 5.32 Å². The first kappa shape index (κ1) is 15.0. The summed E-state index contributed by atoms with van der Waals surface area (Å²) in [4.78, 5) is 0. The van der Waals surface area contributed by atoms with E-state index < -0.39 is 0 Å². The van der Waals surface area contributed by atoms with Gasteiger partial charge in [-0.3, -0.25) is 0 Å². The zero-order valence-corrected chi connectivity index (χ0v) is 13.3. The summed E-state index contributed by atoms with van der Waals surface area (Å²) in [6, 6.07) is 9.53. The molecule has 0 aliphatic carbocycles. The smallest absolute Gasteiger partial charge is 0.0130 e. The normalized spacial score (nSPS) is 13.0. The Morgan fingerprint density at radius 3 is 2.35 bits per heavy atom. The molecule has 1 atom stereocenters. The number of hydrogen-bond acceptors (Lipinski definition) is 1. The van der Waals surface area contributed by atoms with E-state index in [1.54, 1.807) is 0 Å². The van der Waals surface area contributed by atoms with E-state index in [-0.39, 0.29) is 0 Å². The third-order valence-electron chi connectivity index (χ3n) is 3.12. The first-order chi connectivity index (χ1) is 8.13. The van der Waals surface area contributed by atoms with Crippen LogP contribution in [-0.2, 0) is 6.42 Å². The fourth-order valence-corrected chi connectivity index (χ4v) is 2.33. The second kappa shape index (κ2) is 8.09. The molecule has 0 aliphatic heterocycles. The molecule has 0 saturated carbocycles. The van der Waals surface area contributed by atoms with Crippen LogP contribution in [0.5, 0.6) is 0 Å². The quantitative estimate of drug-likeness (QED) is 0.729. The minimum absolute atomic E-state index is 0.647. The number of nitrogens with one attached hydrogen (secondary N) is 1. The summed E-state index contributed by atoms with van der Waals surface area (Å²) in [7, 11) is 0. The van der Waals surface area contributed by atoms with Gasteiger partial charge in [-0.05, 0) is 72.0 Å². The highest BCUT2D eigenvalue weighted by Crippen LogP contribution is 2.13. The molecule has 0 spiro atoms. The van der Waals surface area contributed by atoms with Crippen molar-refractivity contribution in [2.75, 3.05) is 6.54 Å². The predicted octanol–water partition coefficient (Wildman–Crippen LogP) is 4.25. The second-order valence-electron chi connectivity index (χ2n) is 4.97. The second-order valence-corrected chi connectivity index (χ2v) is 6.22. The molecule has 0 aliphatic rings. The van der Waals surface area contributed by atoms with E-state index in [4.69, 9.17) is 0 Å². The topological polar surface area (TPSA) is 12.0 Å². The van der Waals surface area contributed by atoms with Gasteiger partial charge in [-0.15, -0.1) is 0 Å². The molecule has 0 bridgehead atoms. The molecular weight excluding hydrogens is 321 g/mol. The number of halogens is 1. The zero-order valence-electron chi connectivity index (χ0n) is 11.2. The van der Waals surface area contributed by atoms with Gasteiger partial charge in [0.1, 0.15) is 0 Å². The van der Waals surface area contributed by atoms with Crippen LogP contribution in [0.4, 0.5) is 0 Å². The summed E-state index contributed by atoms with van der Waals surface area (Å²) in [5.41, 5.74) is 1.45. The monoisotopic (exact) mass is 345 g/mol. The Bertz CT molecular complexity index is 305. The van der Waals surface area contributed by atoms with E-state index in [1.165, 1.54) is 28.4 Å². The van der Waals surface area contributed by atoms with Gasteiger partial charge in [-0.25, -0.2) is 0 Å². The lowest BCUT2D eigenvalue weighted by atomic mass is 9.96. The summed E-state index contributed by atoms with van der Waals surface area (Å²) in [5.74, 6) is 0.713. The Balaban J connectivity index is 2.43. The molecule has 1 nitrogen and oxygen atoms in total. The standard InChI is InChI=1S/C15H24IN/c1-4-11-17-15(12(2)3)10-7-13-5-8-14(16)9-6-13/h5-6,8-9,12,15,17H,4,7,10-11H2,1-3H3. The van der Waals surface area contributed by atoms with Crippen LogP contribution in [-0.4, -0.2) is 12.6 Å². The van der Waals surface area contributed by atoms with Crippen molar-refractivity contribution in [1.29, 1.82) is 0 Å². The van der Waals surface area contributed by atoms with Crippen molar-refractivity contribution in [3.63, 3.8) is 0 Å². The number of rotatable bonds is 7. The van der Waals surface area contributed by atoms with E-state index in [2.05, 4.69) is 72.9 Å². The summed E-state index contributed by atoms with van der Waals surface area (Å²) < 4.78 is 1.32. The highest BCUT2D eigenvalue weighted by atomic mass is 127. The maximum Gasteiger partial charge on any atom is 0.0130 e. The Kier molecular flexibility index (Phi) is 7.12. The van der Waals surface area contributed by atoms with Crippen LogP contribution in [0.3, 0.4) is 0 Å². The molecule has 1 unspecified atom stereocenters. The van der Waals surface area contributed by atoms with Gasteiger partial charge in [0.15, 0.2) is 0 Å². The van der Waals surface area contributed by atoms with E-state index >= 15 is 0 Å². The lowest BCUT2D eigenvalue weighted by Crippen LogP contribution is -2.34. The number of benzene rings is 1. The molecule has 0 amide bonds. The van der Waals surface area contributed by atoms with Crippen molar-refractivity contribution in [2.45, 2.75) is 46.1 Å². The fraction of sp³-hybridized carbons (Fsp3) is 0.600. The van der Waals surface area contributed by atoms with Crippen molar-refractivity contribution in [3.05, 3.63) is 33.4 Å². The zero-order chi connectivity index (χ0) is 12.7. The molecule has 1 aromatic rings. The van der Waals surface area contributed by atoms with Crippen LogP contribution in [0.15, 0.2) is 24.3 Å². The van der Waals surface area contributed by atoms with Gasteiger partial charge >= 0.3 is 0 Å². The maximum absolute atomic E-state index is 3.65. The highest BCUT2D eigenvalue weighted by Gasteiger charge is 2.11. The molecule has 0 heterocycles. The maximum atomic E-state index is 3.65. The Morgan fingerprint density at radius 1 is 1.18 bits per heavy atom.